The molecular formula is C27H32N4O3S. The zero-order valence-electron chi connectivity index (χ0n) is 20.0. The van der Waals surface area contributed by atoms with Crippen molar-refractivity contribution >= 4 is 27.4 Å². The quantitative estimate of drug-likeness (QED) is 0.488. The molecule has 3 aromatic rings. The highest BCUT2D eigenvalue weighted by Gasteiger charge is 2.25. The smallest absolute Gasteiger partial charge is 0.265 e. The monoisotopic (exact) mass is 492 g/mol. The van der Waals surface area contributed by atoms with E-state index < -0.39 is 10.0 Å². The number of piperidine rings is 1. The van der Waals surface area contributed by atoms with E-state index in [1.165, 1.54) is 16.1 Å². The van der Waals surface area contributed by atoms with Crippen molar-refractivity contribution in [3.63, 3.8) is 0 Å². The lowest BCUT2D eigenvalue weighted by atomic mass is 10.0. The Morgan fingerprint density at radius 1 is 1.00 bits per heavy atom. The summed E-state index contributed by atoms with van der Waals surface area (Å²) in [5, 5.41) is 3.15. The largest absolute Gasteiger partial charge is 0.356 e. The first-order valence-corrected chi connectivity index (χ1v) is 13.5. The molecule has 0 unspecified atom stereocenters. The minimum atomic E-state index is -3.69. The number of rotatable bonds is 9. The van der Waals surface area contributed by atoms with Crippen molar-refractivity contribution in [2.75, 3.05) is 28.8 Å². The average Bonchev–Trinajstić information content (AvgIpc) is 2.89. The van der Waals surface area contributed by atoms with Gasteiger partial charge in [0.05, 0.1) is 5.69 Å². The molecule has 0 radical (unpaired) electrons. The summed E-state index contributed by atoms with van der Waals surface area (Å²) in [5.74, 6) is 0.833. The summed E-state index contributed by atoms with van der Waals surface area (Å²) in [6.45, 7) is 3.66. The average molecular weight is 493 g/mol. The zero-order valence-corrected chi connectivity index (χ0v) is 20.8. The van der Waals surface area contributed by atoms with E-state index in [-0.39, 0.29) is 16.8 Å². The summed E-state index contributed by atoms with van der Waals surface area (Å²) in [6, 6.07) is 22.7. The van der Waals surface area contributed by atoms with Gasteiger partial charge in [0, 0.05) is 38.3 Å². The van der Waals surface area contributed by atoms with Crippen molar-refractivity contribution in [1.82, 2.24) is 10.3 Å². The van der Waals surface area contributed by atoms with Crippen LogP contribution >= 0.6 is 0 Å². The van der Waals surface area contributed by atoms with Crippen LogP contribution in [0.15, 0.2) is 83.9 Å². The molecule has 2 aromatic carbocycles. The standard InChI is InChI=1S/C27H32N4O3S/c1-2-31(24-11-7-4-8-12-24)35(33,34)25-14-15-26(28-21-25)30-19-17-23(18-20-30)29-27(32)16-13-22-9-5-3-6-10-22/h3-12,14-15,21,23H,2,13,16-20H2,1H3,(H,29,32). The third-order valence-corrected chi connectivity index (χ3v) is 8.19. The van der Waals surface area contributed by atoms with Gasteiger partial charge in [-0.25, -0.2) is 13.4 Å². The van der Waals surface area contributed by atoms with Gasteiger partial charge in [0.2, 0.25) is 5.91 Å². The number of anilines is 2. The summed E-state index contributed by atoms with van der Waals surface area (Å²) >= 11 is 0. The second-order valence-electron chi connectivity index (χ2n) is 8.67. The second kappa shape index (κ2) is 11.4. The Kier molecular flexibility index (Phi) is 8.02. The van der Waals surface area contributed by atoms with Crippen LogP contribution in [-0.4, -0.2) is 45.0 Å². The van der Waals surface area contributed by atoms with E-state index in [1.54, 1.807) is 24.3 Å². The number of aromatic nitrogens is 1. The first kappa shape index (κ1) is 24.7. The van der Waals surface area contributed by atoms with Crippen LogP contribution in [0, 0.1) is 0 Å². The van der Waals surface area contributed by atoms with Gasteiger partial charge in [0.15, 0.2) is 0 Å². The van der Waals surface area contributed by atoms with Crippen LogP contribution < -0.4 is 14.5 Å². The van der Waals surface area contributed by atoms with Crippen LogP contribution in [0.5, 0.6) is 0 Å². The number of hydrogen-bond acceptors (Lipinski definition) is 5. The van der Waals surface area contributed by atoms with E-state index in [9.17, 15) is 13.2 Å². The molecule has 1 amide bonds. The predicted molar refractivity (Wildman–Crippen MR) is 139 cm³/mol. The van der Waals surface area contributed by atoms with Gasteiger partial charge in [0.25, 0.3) is 10.0 Å². The molecule has 8 heteroatoms. The summed E-state index contributed by atoms with van der Waals surface area (Å²) in [4.78, 5) is 19.1. The number of hydrogen-bond donors (Lipinski definition) is 1. The fraction of sp³-hybridized carbons (Fsp3) is 0.333. The van der Waals surface area contributed by atoms with Gasteiger partial charge in [-0.2, -0.15) is 0 Å². The van der Waals surface area contributed by atoms with Gasteiger partial charge in [-0.1, -0.05) is 48.5 Å². The summed E-state index contributed by atoms with van der Waals surface area (Å²) in [5.41, 5.74) is 1.80. The number of para-hydroxylation sites is 1. The number of carbonyl (C=O) groups excluding carboxylic acids is 1. The SMILES string of the molecule is CCN(c1ccccc1)S(=O)(=O)c1ccc(N2CCC(NC(=O)CCc3ccccc3)CC2)nc1. The number of carbonyl (C=O) groups is 1. The maximum absolute atomic E-state index is 13.2. The van der Waals surface area contributed by atoms with Crippen LogP contribution in [0.1, 0.15) is 31.7 Å². The van der Waals surface area contributed by atoms with Crippen LogP contribution in [0.4, 0.5) is 11.5 Å². The van der Waals surface area contributed by atoms with Crippen LogP contribution in [-0.2, 0) is 21.2 Å². The van der Waals surface area contributed by atoms with E-state index in [1.807, 2.05) is 55.5 Å². The van der Waals surface area contributed by atoms with Crippen molar-refractivity contribution in [3.8, 4) is 0 Å². The highest BCUT2D eigenvalue weighted by atomic mass is 32.2. The topological polar surface area (TPSA) is 82.6 Å². The molecule has 35 heavy (non-hydrogen) atoms. The van der Waals surface area contributed by atoms with Crippen molar-refractivity contribution < 1.29 is 13.2 Å². The van der Waals surface area contributed by atoms with Gasteiger partial charge in [-0.3, -0.25) is 9.10 Å². The number of benzene rings is 2. The van der Waals surface area contributed by atoms with Crippen LogP contribution in [0.25, 0.3) is 0 Å². The first-order chi connectivity index (χ1) is 17.0. The lowest BCUT2D eigenvalue weighted by Gasteiger charge is -2.33. The number of amides is 1. The maximum Gasteiger partial charge on any atom is 0.265 e. The Morgan fingerprint density at radius 2 is 1.66 bits per heavy atom. The van der Waals surface area contributed by atoms with Crippen LogP contribution in [0.2, 0.25) is 0 Å². The lowest BCUT2D eigenvalue weighted by molar-refractivity contribution is -0.121. The predicted octanol–water partition coefficient (Wildman–Crippen LogP) is 4.01. The molecule has 0 atom stereocenters. The van der Waals surface area contributed by atoms with Crippen molar-refractivity contribution in [2.45, 2.75) is 43.5 Å². The third-order valence-electron chi connectivity index (χ3n) is 6.31. The molecule has 4 rings (SSSR count). The van der Waals surface area contributed by atoms with Gasteiger partial charge in [-0.15, -0.1) is 0 Å². The van der Waals surface area contributed by atoms with Gasteiger partial charge >= 0.3 is 0 Å². The zero-order chi connectivity index (χ0) is 24.7. The summed E-state index contributed by atoms with van der Waals surface area (Å²) in [7, 11) is -3.69. The molecule has 1 saturated heterocycles. The van der Waals surface area contributed by atoms with E-state index in [0.29, 0.717) is 18.7 Å². The number of sulfonamides is 1. The molecule has 184 valence electrons. The lowest BCUT2D eigenvalue weighted by Crippen LogP contribution is -2.45. The summed E-state index contributed by atoms with van der Waals surface area (Å²) in [6.07, 6.45) is 4.32. The molecule has 0 spiro atoms. The molecule has 0 bridgehead atoms. The van der Waals surface area contributed by atoms with Gasteiger partial charge in [0.1, 0.15) is 10.7 Å². The Labute approximate surface area is 207 Å². The van der Waals surface area contributed by atoms with Crippen molar-refractivity contribution in [1.29, 1.82) is 0 Å². The molecular weight excluding hydrogens is 460 g/mol. The first-order valence-electron chi connectivity index (χ1n) is 12.1. The molecule has 0 saturated carbocycles. The number of aryl methyl sites for hydroxylation is 1. The van der Waals surface area contributed by atoms with E-state index in [0.717, 1.165) is 38.2 Å². The number of nitrogens with one attached hydrogen (secondary N) is 1. The Hall–Kier alpha value is -3.39. The fourth-order valence-corrected chi connectivity index (χ4v) is 5.80. The highest BCUT2D eigenvalue weighted by Crippen LogP contribution is 2.25. The number of nitrogens with zero attached hydrogens (tertiary/aromatic N) is 3. The van der Waals surface area contributed by atoms with Crippen LogP contribution in [0.3, 0.4) is 0 Å². The molecule has 1 fully saturated rings. The molecule has 0 aliphatic carbocycles. The Balaban J connectivity index is 1.30. The van der Waals surface area contributed by atoms with Crippen molar-refractivity contribution in [3.05, 3.63) is 84.6 Å². The maximum atomic E-state index is 13.2. The van der Waals surface area contributed by atoms with E-state index >= 15 is 0 Å². The minimum Gasteiger partial charge on any atom is -0.356 e. The molecule has 2 heterocycles. The molecule has 7 nitrogen and oxygen atoms in total. The number of pyridine rings is 1. The van der Waals surface area contributed by atoms with E-state index in [4.69, 9.17) is 0 Å². The molecule has 1 aromatic heterocycles. The molecule has 1 N–H and O–H groups in total. The van der Waals surface area contributed by atoms with Gasteiger partial charge < -0.3 is 10.2 Å². The molecule has 1 aliphatic heterocycles. The van der Waals surface area contributed by atoms with Crippen molar-refractivity contribution in [2.24, 2.45) is 0 Å². The normalized spacial score (nSPS) is 14.5. The third kappa shape index (κ3) is 6.19. The molecule has 1 aliphatic rings. The Bertz CT molecular complexity index is 1190. The highest BCUT2D eigenvalue weighted by molar-refractivity contribution is 7.92. The Morgan fingerprint density at radius 3 is 2.26 bits per heavy atom. The minimum absolute atomic E-state index is 0.0823. The second-order valence-corrected chi connectivity index (χ2v) is 10.5. The fourth-order valence-electron chi connectivity index (χ4n) is 4.38. The van der Waals surface area contributed by atoms with Gasteiger partial charge in [-0.05, 0) is 56.0 Å². The van der Waals surface area contributed by atoms with E-state index in [2.05, 4.69) is 15.2 Å². The summed E-state index contributed by atoms with van der Waals surface area (Å²) < 4.78 is 27.7.